The summed E-state index contributed by atoms with van der Waals surface area (Å²) in [6.07, 6.45) is 0. The summed E-state index contributed by atoms with van der Waals surface area (Å²) in [5.74, 6) is -0.319. The quantitative estimate of drug-likeness (QED) is 0.252. The highest BCUT2D eigenvalue weighted by Crippen LogP contribution is 2.21. The molecule has 2 aromatic rings. The maximum Gasteiger partial charge on any atom is 0.343 e. The summed E-state index contributed by atoms with van der Waals surface area (Å²) in [5, 5.41) is 17.9. The number of thioether (sulfide) groups is 1. The molecule has 0 amide bonds. The summed E-state index contributed by atoms with van der Waals surface area (Å²) in [6, 6.07) is 4.28. The molecule has 1 aromatic heterocycles. The second kappa shape index (κ2) is 5.78. The molecule has 0 spiro atoms. The lowest BCUT2D eigenvalue weighted by molar-refractivity contribution is 0.318. The predicted molar refractivity (Wildman–Crippen MR) is 72.3 cm³/mol. The molecule has 1 heterocycles. The number of benzene rings is 1. The van der Waals surface area contributed by atoms with Crippen molar-refractivity contribution < 1.29 is 9.60 Å². The molecule has 0 aliphatic rings. The molecule has 106 valence electrons. The van der Waals surface area contributed by atoms with Gasteiger partial charge in [0.1, 0.15) is 5.82 Å². The number of aromatic nitrogens is 3. The molecule has 20 heavy (non-hydrogen) atoms. The molecule has 9 heteroatoms. The van der Waals surface area contributed by atoms with Gasteiger partial charge in [-0.15, -0.1) is 5.10 Å². The smallest absolute Gasteiger partial charge is 0.343 e. The Morgan fingerprint density at radius 2 is 2.40 bits per heavy atom. The predicted octanol–water partition coefficient (Wildman–Crippen LogP) is 0.634. The van der Waals surface area contributed by atoms with Crippen molar-refractivity contribution in [1.82, 2.24) is 14.8 Å². The Kier molecular flexibility index (Phi) is 4.08. The van der Waals surface area contributed by atoms with Crippen molar-refractivity contribution in [1.29, 1.82) is 0 Å². The van der Waals surface area contributed by atoms with Crippen LogP contribution in [0.3, 0.4) is 0 Å². The molecule has 0 aliphatic heterocycles. The first-order valence-corrected chi connectivity index (χ1v) is 6.52. The monoisotopic (exact) mass is 297 g/mol. The van der Waals surface area contributed by atoms with Gasteiger partial charge in [-0.05, 0) is 11.6 Å². The average molecular weight is 297 g/mol. The molecule has 1 aromatic carbocycles. The van der Waals surface area contributed by atoms with Crippen LogP contribution in [0.5, 0.6) is 0 Å². The van der Waals surface area contributed by atoms with Crippen LogP contribution in [0.15, 0.2) is 33.3 Å². The number of H-pyrrole nitrogens is 1. The van der Waals surface area contributed by atoms with Crippen LogP contribution in [0, 0.1) is 5.82 Å². The molecule has 4 N–H and O–H groups in total. The third-order valence-electron chi connectivity index (χ3n) is 2.65. The van der Waals surface area contributed by atoms with Gasteiger partial charge < -0.3 is 10.9 Å². The summed E-state index contributed by atoms with van der Waals surface area (Å²) < 4.78 is 15.2. The van der Waals surface area contributed by atoms with Crippen molar-refractivity contribution in [3.05, 3.63) is 45.6 Å². The maximum absolute atomic E-state index is 13.9. The first kappa shape index (κ1) is 14.1. The fourth-order valence-corrected chi connectivity index (χ4v) is 2.39. The lowest BCUT2D eigenvalue weighted by atomic mass is 10.1. The third-order valence-corrected chi connectivity index (χ3v) is 3.73. The fourth-order valence-electron chi connectivity index (χ4n) is 1.49. The van der Waals surface area contributed by atoms with E-state index in [2.05, 4.69) is 15.4 Å². The van der Waals surface area contributed by atoms with E-state index in [4.69, 9.17) is 10.9 Å². The second-order valence-electron chi connectivity index (χ2n) is 3.95. The molecule has 0 atom stereocenters. The number of nitrogens with one attached hydrogen (secondary N) is 1. The number of nitrogens with two attached hydrogens (primary N) is 1. The molecule has 0 bridgehead atoms. The number of hydrogen-bond donors (Lipinski definition) is 3. The Morgan fingerprint density at radius 1 is 1.65 bits per heavy atom. The second-order valence-corrected chi connectivity index (χ2v) is 4.89. The fraction of sp³-hybridized carbons (Fsp3) is 0.182. The maximum atomic E-state index is 13.9. The van der Waals surface area contributed by atoms with Gasteiger partial charge in [-0.1, -0.05) is 29.1 Å². The van der Waals surface area contributed by atoms with Gasteiger partial charge in [-0.2, -0.15) is 0 Å². The first-order chi connectivity index (χ1) is 9.52. The van der Waals surface area contributed by atoms with Crippen molar-refractivity contribution >= 4 is 17.6 Å². The number of halogens is 1. The molecule has 2 rings (SSSR count). The van der Waals surface area contributed by atoms with E-state index >= 15 is 0 Å². The minimum atomic E-state index is -0.470. The Hall–Kier alpha value is -2.29. The van der Waals surface area contributed by atoms with E-state index in [9.17, 15) is 9.18 Å². The number of aromatic amines is 1. The highest BCUT2D eigenvalue weighted by Gasteiger charge is 2.09. The topological polar surface area (TPSA) is 109 Å². The average Bonchev–Trinajstić information content (AvgIpc) is 2.76. The molecule has 0 saturated heterocycles. The number of hydrogen-bond acceptors (Lipinski definition) is 5. The van der Waals surface area contributed by atoms with Crippen LogP contribution >= 0.6 is 11.8 Å². The van der Waals surface area contributed by atoms with Gasteiger partial charge in [0.15, 0.2) is 11.0 Å². The molecule has 0 fully saturated rings. The van der Waals surface area contributed by atoms with Gasteiger partial charge in [0.25, 0.3) is 0 Å². The molecular weight excluding hydrogens is 285 g/mol. The van der Waals surface area contributed by atoms with E-state index < -0.39 is 5.82 Å². The number of oxime groups is 1. The van der Waals surface area contributed by atoms with Crippen molar-refractivity contribution in [2.75, 3.05) is 0 Å². The molecule has 0 unspecified atom stereocenters. The number of rotatable bonds is 4. The van der Waals surface area contributed by atoms with E-state index in [1.54, 1.807) is 19.2 Å². The zero-order valence-electron chi connectivity index (χ0n) is 10.5. The van der Waals surface area contributed by atoms with Gasteiger partial charge in [0, 0.05) is 18.4 Å². The molecule has 7 nitrogen and oxygen atoms in total. The number of amidine groups is 1. The van der Waals surface area contributed by atoms with E-state index in [0.29, 0.717) is 22.0 Å². The zero-order valence-corrected chi connectivity index (χ0v) is 11.3. The Bertz CT molecular complexity index is 709. The van der Waals surface area contributed by atoms with Crippen molar-refractivity contribution in [3.63, 3.8) is 0 Å². The van der Waals surface area contributed by atoms with E-state index in [0.717, 1.165) is 0 Å². The normalized spacial score (nSPS) is 11.8. The summed E-state index contributed by atoms with van der Waals surface area (Å²) >= 11 is 1.22. The Morgan fingerprint density at radius 3 is 2.95 bits per heavy atom. The van der Waals surface area contributed by atoms with Crippen molar-refractivity contribution in [2.45, 2.75) is 10.9 Å². The lowest BCUT2D eigenvalue weighted by Gasteiger charge is -2.05. The summed E-state index contributed by atoms with van der Waals surface area (Å²) in [7, 11) is 1.58. The van der Waals surface area contributed by atoms with Crippen molar-refractivity contribution in [2.24, 2.45) is 17.9 Å². The highest BCUT2D eigenvalue weighted by molar-refractivity contribution is 7.98. The standard InChI is InChI=1S/C11H12FN5O2S/c1-17-10(18)14-15-11(17)20-5-7-3-2-6(4-8(7)12)9(13)16-19/h2-4,19H,5H2,1H3,(H2,13,16)(H,14,18). The molecule has 0 radical (unpaired) electrons. The minimum Gasteiger partial charge on any atom is -0.409 e. The molecular formula is C11H12FN5O2S. The molecule has 0 aliphatic carbocycles. The van der Waals surface area contributed by atoms with Gasteiger partial charge >= 0.3 is 5.69 Å². The largest absolute Gasteiger partial charge is 0.409 e. The number of nitrogens with zero attached hydrogens (tertiary/aromatic N) is 3. The minimum absolute atomic E-state index is 0.155. The Balaban J connectivity index is 2.14. The zero-order chi connectivity index (χ0) is 14.7. The summed E-state index contributed by atoms with van der Waals surface area (Å²) in [4.78, 5) is 11.2. The van der Waals surface area contributed by atoms with Crippen LogP contribution in [0.1, 0.15) is 11.1 Å². The highest BCUT2D eigenvalue weighted by atomic mass is 32.2. The van der Waals surface area contributed by atoms with Gasteiger partial charge in [0.05, 0.1) is 0 Å². The van der Waals surface area contributed by atoms with Crippen LogP contribution in [-0.4, -0.2) is 25.8 Å². The van der Waals surface area contributed by atoms with Crippen LogP contribution < -0.4 is 11.4 Å². The van der Waals surface area contributed by atoms with E-state index in [1.165, 1.54) is 22.4 Å². The third kappa shape index (κ3) is 2.82. The van der Waals surface area contributed by atoms with Gasteiger partial charge in [-0.3, -0.25) is 4.57 Å². The summed E-state index contributed by atoms with van der Waals surface area (Å²) in [5.41, 5.74) is 5.78. The van der Waals surface area contributed by atoms with Crippen LogP contribution in [-0.2, 0) is 12.8 Å². The van der Waals surface area contributed by atoms with Crippen LogP contribution in [0.2, 0.25) is 0 Å². The van der Waals surface area contributed by atoms with Crippen LogP contribution in [0.25, 0.3) is 0 Å². The SMILES string of the molecule is Cn1c(SCc2ccc(C(N)=NO)cc2F)n[nH]c1=O. The van der Waals surface area contributed by atoms with E-state index in [1.807, 2.05) is 0 Å². The summed E-state index contributed by atoms with van der Waals surface area (Å²) in [6.45, 7) is 0. The van der Waals surface area contributed by atoms with Gasteiger partial charge in [-0.25, -0.2) is 14.3 Å². The Labute approximate surface area is 117 Å². The van der Waals surface area contributed by atoms with E-state index in [-0.39, 0.29) is 11.5 Å². The lowest BCUT2D eigenvalue weighted by Crippen LogP contribution is -2.13. The molecule has 0 saturated carbocycles. The van der Waals surface area contributed by atoms with Crippen LogP contribution in [0.4, 0.5) is 4.39 Å². The van der Waals surface area contributed by atoms with Gasteiger partial charge in [0.2, 0.25) is 0 Å². The van der Waals surface area contributed by atoms with Crippen molar-refractivity contribution in [3.8, 4) is 0 Å². The first-order valence-electron chi connectivity index (χ1n) is 5.53.